The van der Waals surface area contributed by atoms with E-state index in [4.69, 9.17) is 0 Å². The molecule has 0 aromatic heterocycles. The van der Waals surface area contributed by atoms with E-state index in [0.717, 1.165) is 11.8 Å². The molecular weight excluding hydrogens is 242 g/mol. The van der Waals surface area contributed by atoms with E-state index in [1.807, 2.05) is 24.3 Å². The lowest BCUT2D eigenvalue weighted by Gasteiger charge is -2.06. The van der Waals surface area contributed by atoms with Gasteiger partial charge in [-0.2, -0.15) is 0 Å². The van der Waals surface area contributed by atoms with Crippen molar-refractivity contribution < 1.29 is 8.42 Å². The lowest BCUT2D eigenvalue weighted by atomic mass is 10.2. The fourth-order valence-electron chi connectivity index (χ4n) is 1.17. The van der Waals surface area contributed by atoms with Crippen LogP contribution in [0.3, 0.4) is 0 Å². The maximum absolute atomic E-state index is 10.9. The van der Waals surface area contributed by atoms with Gasteiger partial charge in [0.05, 0.1) is 6.26 Å². The second-order valence-electron chi connectivity index (χ2n) is 3.90. The molecule has 5 heteroatoms. The molecule has 16 heavy (non-hydrogen) atoms. The van der Waals surface area contributed by atoms with Gasteiger partial charge < -0.3 is 0 Å². The summed E-state index contributed by atoms with van der Waals surface area (Å²) in [5.41, 5.74) is 0.971. The Labute approximate surface area is 102 Å². The van der Waals surface area contributed by atoms with E-state index in [0.29, 0.717) is 11.8 Å². The normalized spacial score (nSPS) is 12.0. The van der Waals surface area contributed by atoms with Crippen LogP contribution in [0.2, 0.25) is 0 Å². The summed E-state index contributed by atoms with van der Waals surface area (Å²) in [6.07, 6.45) is 1.16. The Morgan fingerprint density at radius 3 is 2.25 bits per heavy atom. The van der Waals surface area contributed by atoms with Crippen LogP contribution in [-0.4, -0.2) is 19.9 Å². The van der Waals surface area contributed by atoms with Crippen LogP contribution in [-0.2, 0) is 16.6 Å². The number of sulfonamides is 1. The number of rotatable bonds is 5. The van der Waals surface area contributed by atoms with Gasteiger partial charge in [-0.1, -0.05) is 26.0 Å². The molecule has 1 rings (SSSR count). The van der Waals surface area contributed by atoms with E-state index in [1.165, 1.54) is 4.90 Å². The van der Waals surface area contributed by atoms with Crippen LogP contribution in [0.15, 0.2) is 29.2 Å². The molecule has 0 aliphatic heterocycles. The summed E-state index contributed by atoms with van der Waals surface area (Å²) in [5.74, 6) is 0. The number of nitrogens with one attached hydrogen (secondary N) is 1. The van der Waals surface area contributed by atoms with Crippen LogP contribution in [0.1, 0.15) is 19.4 Å². The van der Waals surface area contributed by atoms with Crippen LogP contribution in [0.4, 0.5) is 0 Å². The first-order valence-electron chi connectivity index (χ1n) is 5.07. The molecule has 90 valence electrons. The molecule has 0 bridgehead atoms. The highest BCUT2D eigenvalue weighted by molar-refractivity contribution is 7.99. The summed E-state index contributed by atoms with van der Waals surface area (Å²) in [4.78, 5) is 1.21. The molecule has 0 aliphatic rings. The molecule has 0 saturated carbocycles. The van der Waals surface area contributed by atoms with Crippen molar-refractivity contribution in [2.75, 3.05) is 6.26 Å². The van der Waals surface area contributed by atoms with Crippen molar-refractivity contribution in [1.29, 1.82) is 0 Å². The maximum Gasteiger partial charge on any atom is 0.209 e. The highest BCUT2D eigenvalue weighted by atomic mass is 32.2. The molecule has 1 aromatic rings. The number of hydrogen-bond acceptors (Lipinski definition) is 3. The SMILES string of the molecule is CC(C)Sc1ccc(CNS(C)(=O)=O)cc1. The lowest BCUT2D eigenvalue weighted by Crippen LogP contribution is -2.21. The molecule has 0 amide bonds. The minimum atomic E-state index is -3.11. The van der Waals surface area contributed by atoms with Crippen molar-refractivity contribution in [3.05, 3.63) is 29.8 Å². The van der Waals surface area contributed by atoms with Gasteiger partial charge in [-0.15, -0.1) is 11.8 Å². The predicted octanol–water partition coefficient (Wildman–Crippen LogP) is 2.24. The van der Waals surface area contributed by atoms with Gasteiger partial charge in [0.15, 0.2) is 0 Å². The average Bonchev–Trinajstić information content (AvgIpc) is 2.14. The zero-order chi connectivity index (χ0) is 12.2. The van der Waals surface area contributed by atoms with Crippen molar-refractivity contribution in [3.63, 3.8) is 0 Å². The zero-order valence-corrected chi connectivity index (χ0v) is 11.4. The van der Waals surface area contributed by atoms with Gasteiger partial charge in [-0.25, -0.2) is 13.1 Å². The first-order chi connectivity index (χ1) is 7.37. The Hall–Kier alpha value is -0.520. The van der Waals surface area contributed by atoms with Crippen molar-refractivity contribution in [2.45, 2.75) is 30.5 Å². The standard InChI is InChI=1S/C11H17NO2S2/c1-9(2)15-11-6-4-10(5-7-11)8-12-16(3,13)14/h4-7,9,12H,8H2,1-3H3. The van der Waals surface area contributed by atoms with Gasteiger partial charge in [-0.05, 0) is 17.7 Å². The summed E-state index contributed by atoms with van der Waals surface area (Å²) in [7, 11) is -3.11. The number of benzene rings is 1. The Morgan fingerprint density at radius 1 is 1.25 bits per heavy atom. The molecule has 0 unspecified atom stereocenters. The second kappa shape index (κ2) is 5.70. The quantitative estimate of drug-likeness (QED) is 0.825. The summed E-state index contributed by atoms with van der Waals surface area (Å²) in [5, 5.41) is 0.556. The van der Waals surface area contributed by atoms with Gasteiger partial charge in [-0.3, -0.25) is 0 Å². The van der Waals surface area contributed by atoms with E-state index in [9.17, 15) is 8.42 Å². The largest absolute Gasteiger partial charge is 0.213 e. The second-order valence-corrected chi connectivity index (χ2v) is 7.39. The van der Waals surface area contributed by atoms with Crippen molar-refractivity contribution in [2.24, 2.45) is 0 Å². The van der Waals surface area contributed by atoms with Crippen LogP contribution < -0.4 is 4.72 Å². The highest BCUT2D eigenvalue weighted by Crippen LogP contribution is 2.22. The summed E-state index contributed by atoms with van der Waals surface area (Å²) in [6.45, 7) is 4.64. The van der Waals surface area contributed by atoms with Gasteiger partial charge in [0.2, 0.25) is 10.0 Å². The topological polar surface area (TPSA) is 46.2 Å². The fraction of sp³-hybridized carbons (Fsp3) is 0.455. The van der Waals surface area contributed by atoms with E-state index in [-0.39, 0.29) is 0 Å². The summed E-state index contributed by atoms with van der Waals surface area (Å²) in [6, 6.07) is 7.93. The maximum atomic E-state index is 10.9. The molecule has 0 heterocycles. The van der Waals surface area contributed by atoms with Gasteiger partial charge in [0, 0.05) is 16.7 Å². The molecule has 0 saturated heterocycles. The molecule has 0 fully saturated rings. The molecule has 0 radical (unpaired) electrons. The minimum absolute atomic E-state index is 0.353. The number of hydrogen-bond donors (Lipinski definition) is 1. The Morgan fingerprint density at radius 2 is 1.81 bits per heavy atom. The average molecular weight is 259 g/mol. The van der Waals surface area contributed by atoms with Crippen molar-refractivity contribution in [1.82, 2.24) is 4.72 Å². The molecule has 1 aromatic carbocycles. The summed E-state index contributed by atoms with van der Waals surface area (Å²) < 4.78 is 24.3. The van der Waals surface area contributed by atoms with Gasteiger partial charge in [0.25, 0.3) is 0 Å². The lowest BCUT2D eigenvalue weighted by molar-refractivity contribution is 0.587. The van der Waals surface area contributed by atoms with E-state index < -0.39 is 10.0 Å². The number of thioether (sulfide) groups is 1. The monoisotopic (exact) mass is 259 g/mol. The Bertz CT molecular complexity index is 424. The van der Waals surface area contributed by atoms with Crippen LogP contribution in [0.25, 0.3) is 0 Å². The van der Waals surface area contributed by atoms with Crippen LogP contribution >= 0.6 is 11.8 Å². The molecule has 0 spiro atoms. The van der Waals surface area contributed by atoms with Gasteiger partial charge in [0.1, 0.15) is 0 Å². The first-order valence-corrected chi connectivity index (χ1v) is 7.84. The Kier molecular flexibility index (Phi) is 4.83. The zero-order valence-electron chi connectivity index (χ0n) is 9.73. The first kappa shape index (κ1) is 13.5. The minimum Gasteiger partial charge on any atom is -0.213 e. The third-order valence-electron chi connectivity index (χ3n) is 1.83. The van der Waals surface area contributed by atoms with Crippen molar-refractivity contribution in [3.8, 4) is 0 Å². The smallest absolute Gasteiger partial charge is 0.209 e. The van der Waals surface area contributed by atoms with E-state index >= 15 is 0 Å². The van der Waals surface area contributed by atoms with E-state index in [2.05, 4.69) is 18.6 Å². The predicted molar refractivity (Wildman–Crippen MR) is 69.1 cm³/mol. The Balaban J connectivity index is 2.58. The van der Waals surface area contributed by atoms with E-state index in [1.54, 1.807) is 11.8 Å². The summed E-state index contributed by atoms with van der Waals surface area (Å²) >= 11 is 1.79. The third kappa shape index (κ3) is 5.53. The molecule has 0 aliphatic carbocycles. The van der Waals surface area contributed by atoms with Crippen LogP contribution in [0, 0.1) is 0 Å². The molecule has 0 atom stereocenters. The highest BCUT2D eigenvalue weighted by Gasteiger charge is 2.02. The third-order valence-corrected chi connectivity index (χ3v) is 3.52. The fourth-order valence-corrected chi connectivity index (χ4v) is 2.44. The van der Waals surface area contributed by atoms with Crippen molar-refractivity contribution >= 4 is 21.8 Å². The molecule has 1 N–H and O–H groups in total. The molecular formula is C11H17NO2S2. The molecule has 3 nitrogen and oxygen atoms in total. The van der Waals surface area contributed by atoms with Gasteiger partial charge >= 0.3 is 0 Å². The van der Waals surface area contributed by atoms with Crippen LogP contribution in [0.5, 0.6) is 0 Å².